The Morgan fingerprint density at radius 1 is 1.40 bits per heavy atom. The van der Waals surface area contributed by atoms with E-state index in [4.69, 9.17) is 14.2 Å². The lowest BCUT2D eigenvalue weighted by molar-refractivity contribution is -0.149. The smallest absolute Gasteiger partial charge is 0.328 e. The monoisotopic (exact) mass is 277 g/mol. The molecule has 6 nitrogen and oxygen atoms in total. The number of amides is 1. The van der Waals surface area contributed by atoms with Gasteiger partial charge in [-0.25, -0.2) is 4.79 Å². The molecule has 0 aromatic heterocycles. The van der Waals surface area contributed by atoms with E-state index in [9.17, 15) is 9.59 Å². The molecule has 0 aliphatic carbocycles. The van der Waals surface area contributed by atoms with Gasteiger partial charge >= 0.3 is 5.97 Å². The fourth-order valence-corrected chi connectivity index (χ4v) is 2.55. The van der Waals surface area contributed by atoms with Gasteiger partial charge in [-0.1, -0.05) is 6.07 Å². The molecule has 0 N–H and O–H groups in total. The van der Waals surface area contributed by atoms with Gasteiger partial charge in [-0.15, -0.1) is 0 Å². The molecule has 1 fully saturated rings. The van der Waals surface area contributed by atoms with Gasteiger partial charge < -0.3 is 19.1 Å². The second-order valence-corrected chi connectivity index (χ2v) is 4.79. The SMILES string of the molecule is COC(=O)C1CCC(=O)N1Cc1ccc2c(c1)OCO2. The quantitative estimate of drug-likeness (QED) is 0.773. The summed E-state index contributed by atoms with van der Waals surface area (Å²) in [5.74, 6) is 0.976. The Morgan fingerprint density at radius 2 is 2.20 bits per heavy atom. The van der Waals surface area contributed by atoms with Crippen LogP contribution in [-0.4, -0.2) is 36.7 Å². The molecule has 1 aromatic rings. The van der Waals surface area contributed by atoms with Gasteiger partial charge in [0.25, 0.3) is 0 Å². The van der Waals surface area contributed by atoms with Crippen molar-refractivity contribution in [2.24, 2.45) is 0 Å². The van der Waals surface area contributed by atoms with Crippen LogP contribution in [0, 0.1) is 0 Å². The molecule has 0 bridgehead atoms. The third-order valence-electron chi connectivity index (χ3n) is 3.59. The van der Waals surface area contributed by atoms with Crippen molar-refractivity contribution in [2.75, 3.05) is 13.9 Å². The predicted molar refractivity (Wildman–Crippen MR) is 68.2 cm³/mol. The van der Waals surface area contributed by atoms with Crippen LogP contribution >= 0.6 is 0 Å². The summed E-state index contributed by atoms with van der Waals surface area (Å²) in [5.41, 5.74) is 0.901. The largest absolute Gasteiger partial charge is 0.467 e. The van der Waals surface area contributed by atoms with Gasteiger partial charge in [-0.05, 0) is 24.1 Å². The Labute approximate surface area is 116 Å². The minimum absolute atomic E-state index is 0.0296. The third-order valence-corrected chi connectivity index (χ3v) is 3.59. The number of carbonyl (C=O) groups excluding carboxylic acids is 2. The average molecular weight is 277 g/mol. The molecular formula is C14H15NO5. The topological polar surface area (TPSA) is 65.1 Å². The molecule has 1 atom stereocenters. The molecule has 2 heterocycles. The second kappa shape index (κ2) is 5.03. The highest BCUT2D eigenvalue weighted by Crippen LogP contribution is 2.33. The van der Waals surface area contributed by atoms with E-state index < -0.39 is 6.04 Å². The van der Waals surface area contributed by atoms with Gasteiger partial charge in [0.2, 0.25) is 12.7 Å². The molecule has 0 spiro atoms. The lowest BCUT2D eigenvalue weighted by Crippen LogP contribution is -2.38. The van der Waals surface area contributed by atoms with Crippen molar-refractivity contribution in [1.82, 2.24) is 4.90 Å². The first-order valence-corrected chi connectivity index (χ1v) is 6.45. The first kappa shape index (κ1) is 12.8. The number of methoxy groups -OCH3 is 1. The zero-order chi connectivity index (χ0) is 14.1. The number of hydrogen-bond acceptors (Lipinski definition) is 5. The van der Waals surface area contributed by atoms with Crippen LogP contribution in [0.1, 0.15) is 18.4 Å². The van der Waals surface area contributed by atoms with Gasteiger partial charge in [0, 0.05) is 13.0 Å². The number of fused-ring (bicyclic) bond motifs is 1. The van der Waals surface area contributed by atoms with Crippen LogP contribution in [0.5, 0.6) is 11.5 Å². The van der Waals surface area contributed by atoms with E-state index in [0.29, 0.717) is 30.9 Å². The van der Waals surface area contributed by atoms with E-state index in [2.05, 4.69) is 0 Å². The first-order valence-electron chi connectivity index (χ1n) is 6.45. The average Bonchev–Trinajstić information content (AvgIpc) is 3.05. The molecule has 1 aromatic carbocycles. The summed E-state index contributed by atoms with van der Waals surface area (Å²) in [6.07, 6.45) is 0.889. The molecule has 0 radical (unpaired) electrons. The van der Waals surface area contributed by atoms with Crippen molar-refractivity contribution in [1.29, 1.82) is 0 Å². The number of hydrogen-bond donors (Lipinski definition) is 0. The van der Waals surface area contributed by atoms with E-state index in [1.165, 1.54) is 7.11 Å². The van der Waals surface area contributed by atoms with Crippen LogP contribution in [0.2, 0.25) is 0 Å². The number of esters is 1. The molecule has 2 aliphatic heterocycles. The maximum atomic E-state index is 11.9. The van der Waals surface area contributed by atoms with E-state index >= 15 is 0 Å². The molecular weight excluding hydrogens is 262 g/mol. The summed E-state index contributed by atoms with van der Waals surface area (Å²) in [4.78, 5) is 25.2. The molecule has 1 saturated heterocycles. The van der Waals surface area contributed by atoms with Gasteiger partial charge in [-0.3, -0.25) is 4.79 Å². The Bertz CT molecular complexity index is 556. The normalized spacial score (nSPS) is 20.4. The lowest BCUT2D eigenvalue weighted by Gasteiger charge is -2.22. The summed E-state index contributed by atoms with van der Waals surface area (Å²) in [5, 5.41) is 0. The van der Waals surface area contributed by atoms with E-state index in [-0.39, 0.29) is 18.7 Å². The first-order chi connectivity index (χ1) is 9.69. The van der Waals surface area contributed by atoms with E-state index in [1.807, 2.05) is 18.2 Å². The van der Waals surface area contributed by atoms with Crippen LogP contribution in [0.3, 0.4) is 0 Å². The molecule has 1 unspecified atom stereocenters. The summed E-state index contributed by atoms with van der Waals surface area (Å²) in [7, 11) is 1.34. The van der Waals surface area contributed by atoms with Crippen molar-refractivity contribution in [2.45, 2.75) is 25.4 Å². The Hall–Kier alpha value is -2.24. The maximum Gasteiger partial charge on any atom is 0.328 e. The van der Waals surface area contributed by atoms with Crippen LogP contribution < -0.4 is 9.47 Å². The lowest BCUT2D eigenvalue weighted by atomic mass is 10.1. The number of rotatable bonds is 3. The Kier molecular flexibility index (Phi) is 3.22. The molecule has 1 amide bonds. The number of benzene rings is 1. The number of nitrogens with zero attached hydrogens (tertiary/aromatic N) is 1. The molecule has 6 heteroatoms. The number of likely N-dealkylation sites (tertiary alicyclic amines) is 1. The van der Waals surface area contributed by atoms with Crippen LogP contribution in [0.25, 0.3) is 0 Å². The van der Waals surface area contributed by atoms with Crippen LogP contribution in [-0.2, 0) is 20.9 Å². The highest BCUT2D eigenvalue weighted by atomic mass is 16.7. The second-order valence-electron chi connectivity index (χ2n) is 4.79. The third kappa shape index (κ3) is 2.17. The fraction of sp³-hybridized carbons (Fsp3) is 0.429. The fourth-order valence-electron chi connectivity index (χ4n) is 2.55. The molecule has 106 valence electrons. The summed E-state index contributed by atoms with van der Waals surface area (Å²) in [6, 6.07) is 5.03. The van der Waals surface area contributed by atoms with Crippen molar-refractivity contribution in [3.05, 3.63) is 23.8 Å². The van der Waals surface area contributed by atoms with Crippen molar-refractivity contribution >= 4 is 11.9 Å². The van der Waals surface area contributed by atoms with Crippen LogP contribution in [0.15, 0.2) is 18.2 Å². The zero-order valence-electron chi connectivity index (χ0n) is 11.1. The van der Waals surface area contributed by atoms with E-state index in [0.717, 1.165) is 5.56 Å². The van der Waals surface area contributed by atoms with Gasteiger partial charge in [0.05, 0.1) is 7.11 Å². The molecule has 20 heavy (non-hydrogen) atoms. The van der Waals surface area contributed by atoms with E-state index in [1.54, 1.807) is 4.90 Å². The number of ether oxygens (including phenoxy) is 3. The van der Waals surface area contributed by atoms with Gasteiger partial charge in [0.1, 0.15) is 6.04 Å². The maximum absolute atomic E-state index is 11.9. The molecule has 3 rings (SSSR count). The summed E-state index contributed by atoms with van der Waals surface area (Å²) >= 11 is 0. The van der Waals surface area contributed by atoms with Gasteiger partial charge in [0.15, 0.2) is 11.5 Å². The molecule has 2 aliphatic rings. The minimum Gasteiger partial charge on any atom is -0.467 e. The van der Waals surface area contributed by atoms with Crippen molar-refractivity contribution < 1.29 is 23.8 Å². The number of carbonyl (C=O) groups is 2. The highest BCUT2D eigenvalue weighted by Gasteiger charge is 2.36. The van der Waals surface area contributed by atoms with Crippen molar-refractivity contribution in [3.8, 4) is 11.5 Å². The van der Waals surface area contributed by atoms with Crippen LogP contribution in [0.4, 0.5) is 0 Å². The summed E-state index contributed by atoms with van der Waals surface area (Å²) in [6.45, 7) is 0.585. The minimum atomic E-state index is -0.488. The van der Waals surface area contributed by atoms with Gasteiger partial charge in [-0.2, -0.15) is 0 Å². The standard InChI is InChI=1S/C14H15NO5/c1-18-14(17)10-3-5-13(16)15(10)7-9-2-4-11-12(6-9)20-8-19-11/h2,4,6,10H,3,5,7-8H2,1H3. The summed E-state index contributed by atoms with van der Waals surface area (Å²) < 4.78 is 15.3. The molecule has 0 saturated carbocycles. The zero-order valence-corrected chi connectivity index (χ0v) is 11.1. The van der Waals surface area contributed by atoms with Crippen molar-refractivity contribution in [3.63, 3.8) is 0 Å². The Morgan fingerprint density at radius 3 is 3.00 bits per heavy atom. The Balaban J connectivity index is 1.78. The predicted octanol–water partition coefficient (Wildman–Crippen LogP) is 1.08. The highest BCUT2D eigenvalue weighted by molar-refractivity contribution is 5.88.